The quantitative estimate of drug-likeness (QED) is 0.329. The van der Waals surface area contributed by atoms with Gasteiger partial charge in [-0.1, -0.05) is 48.9 Å². The van der Waals surface area contributed by atoms with E-state index in [2.05, 4.69) is 63.5 Å². The second-order valence-electron chi connectivity index (χ2n) is 12.0. The molecule has 7 rings (SSSR count). The molecular weight excluding hydrogens is 522 g/mol. The van der Waals surface area contributed by atoms with Gasteiger partial charge >= 0.3 is 6.03 Å². The molecule has 3 aromatic heterocycles. The minimum Gasteiger partial charge on any atom is -0.353 e. The number of amides is 2. The Hall–Kier alpha value is -4.46. The number of carbonyl (C=O) groups excluding carboxylic acids is 1. The van der Waals surface area contributed by atoms with Crippen LogP contribution in [-0.2, 0) is 6.42 Å². The molecule has 214 valence electrons. The predicted octanol–water partition coefficient (Wildman–Crippen LogP) is 5.68. The van der Waals surface area contributed by atoms with E-state index >= 15 is 0 Å². The molecule has 1 unspecified atom stereocenters. The Morgan fingerprint density at radius 1 is 1.00 bits per heavy atom. The van der Waals surface area contributed by atoms with Gasteiger partial charge in [-0.3, -0.25) is 4.98 Å². The number of pyridine rings is 2. The van der Waals surface area contributed by atoms with Gasteiger partial charge in [-0.2, -0.15) is 5.10 Å². The number of rotatable bonds is 6. The summed E-state index contributed by atoms with van der Waals surface area (Å²) >= 11 is 0. The fourth-order valence-electron chi connectivity index (χ4n) is 7.16. The Labute approximate surface area is 247 Å². The Balaban J connectivity index is 1.07. The van der Waals surface area contributed by atoms with Crippen LogP contribution in [0.4, 0.5) is 10.6 Å². The number of hydrogen-bond donors (Lipinski definition) is 1. The molecule has 0 spiro atoms. The molecule has 1 N–H and O–H groups in total. The van der Waals surface area contributed by atoms with E-state index in [4.69, 9.17) is 5.10 Å². The predicted molar refractivity (Wildman–Crippen MR) is 164 cm³/mol. The molecule has 2 amide bonds. The number of benzene rings is 1. The van der Waals surface area contributed by atoms with Gasteiger partial charge in [0.15, 0.2) is 0 Å². The van der Waals surface area contributed by atoms with Crippen LogP contribution in [0.5, 0.6) is 0 Å². The average Bonchev–Trinajstić information content (AvgIpc) is 3.60. The second-order valence-corrected chi connectivity index (χ2v) is 12.0. The fraction of sp³-hybridized carbons (Fsp3) is 0.353. The lowest BCUT2D eigenvalue weighted by Gasteiger charge is -2.39. The lowest BCUT2D eigenvalue weighted by molar-refractivity contribution is 0.181. The summed E-state index contributed by atoms with van der Waals surface area (Å²) < 4.78 is 2.02. The molecule has 2 aliphatic carbocycles. The number of nitrogens with zero attached hydrogens (tertiary/aromatic N) is 6. The molecule has 2 fully saturated rings. The highest BCUT2D eigenvalue weighted by Crippen LogP contribution is 2.55. The van der Waals surface area contributed by atoms with Gasteiger partial charge in [0.05, 0.1) is 29.8 Å². The molecule has 0 radical (unpaired) electrons. The molecule has 0 bridgehead atoms. The zero-order chi connectivity index (χ0) is 28.5. The van der Waals surface area contributed by atoms with Crippen molar-refractivity contribution in [1.82, 2.24) is 30.0 Å². The van der Waals surface area contributed by atoms with Crippen molar-refractivity contribution < 1.29 is 4.79 Å². The highest BCUT2D eigenvalue weighted by molar-refractivity contribution is 5.75. The average molecular weight is 560 g/mol. The van der Waals surface area contributed by atoms with E-state index in [-0.39, 0.29) is 17.5 Å². The number of piperazine rings is 1. The molecular formula is C34H37N7O. The second kappa shape index (κ2) is 11.1. The van der Waals surface area contributed by atoms with Crippen LogP contribution < -0.4 is 10.2 Å². The van der Waals surface area contributed by atoms with E-state index in [1.807, 2.05) is 58.5 Å². The molecule has 4 aromatic rings. The monoisotopic (exact) mass is 559 g/mol. The summed E-state index contributed by atoms with van der Waals surface area (Å²) in [4.78, 5) is 26.6. The molecule has 42 heavy (non-hydrogen) atoms. The van der Waals surface area contributed by atoms with Crippen molar-refractivity contribution in [2.24, 2.45) is 11.3 Å². The van der Waals surface area contributed by atoms with Crippen LogP contribution >= 0.6 is 0 Å². The Morgan fingerprint density at radius 3 is 2.60 bits per heavy atom. The fourth-order valence-corrected chi connectivity index (χ4v) is 7.16. The van der Waals surface area contributed by atoms with Crippen LogP contribution in [-0.4, -0.2) is 56.9 Å². The third-order valence-electron chi connectivity index (χ3n) is 9.60. The molecule has 3 aliphatic rings. The van der Waals surface area contributed by atoms with E-state index in [0.29, 0.717) is 19.0 Å². The number of carbonyl (C=O) groups is 1. The topological polar surface area (TPSA) is 79.2 Å². The van der Waals surface area contributed by atoms with Gasteiger partial charge in [0.25, 0.3) is 0 Å². The van der Waals surface area contributed by atoms with Gasteiger partial charge in [0.1, 0.15) is 5.82 Å². The first kappa shape index (κ1) is 26.4. The van der Waals surface area contributed by atoms with Gasteiger partial charge < -0.3 is 15.1 Å². The number of aromatic nitrogens is 4. The normalized spacial score (nSPS) is 22.2. The number of urea groups is 1. The van der Waals surface area contributed by atoms with Crippen molar-refractivity contribution in [2.45, 2.75) is 38.6 Å². The zero-order valence-electron chi connectivity index (χ0n) is 24.1. The maximum Gasteiger partial charge on any atom is 0.318 e. The Morgan fingerprint density at radius 2 is 1.83 bits per heavy atom. The van der Waals surface area contributed by atoms with Crippen molar-refractivity contribution in [3.05, 3.63) is 108 Å². The van der Waals surface area contributed by atoms with Crippen molar-refractivity contribution in [2.75, 3.05) is 31.1 Å². The SMILES string of the molecule is C[C@]12Cc3cnn(-c4cccnc4)c3C=C1CC[C@@H]2CC(NC(=O)N1CCN(c2ccccn2)CC1)c1ccccc1. The molecule has 1 saturated carbocycles. The molecule has 8 heteroatoms. The molecule has 1 saturated heterocycles. The minimum atomic E-state index is -0.0480. The summed E-state index contributed by atoms with van der Waals surface area (Å²) in [5, 5.41) is 8.19. The summed E-state index contributed by atoms with van der Waals surface area (Å²) in [5.74, 6) is 1.42. The maximum absolute atomic E-state index is 13.6. The van der Waals surface area contributed by atoms with E-state index in [1.54, 1.807) is 6.20 Å². The van der Waals surface area contributed by atoms with Crippen molar-refractivity contribution in [1.29, 1.82) is 0 Å². The first-order chi connectivity index (χ1) is 20.6. The van der Waals surface area contributed by atoms with Gasteiger partial charge in [-0.15, -0.1) is 0 Å². The minimum absolute atomic E-state index is 0.0205. The summed E-state index contributed by atoms with van der Waals surface area (Å²) in [7, 11) is 0. The molecule has 1 aliphatic heterocycles. The van der Waals surface area contributed by atoms with Crippen LogP contribution in [0, 0.1) is 11.3 Å². The molecule has 1 aromatic carbocycles. The Kier molecular flexibility index (Phi) is 6.98. The lowest BCUT2D eigenvalue weighted by atomic mass is 9.68. The number of hydrogen-bond acceptors (Lipinski definition) is 5. The zero-order valence-corrected chi connectivity index (χ0v) is 24.1. The summed E-state index contributed by atoms with van der Waals surface area (Å²) in [6.45, 7) is 5.35. The van der Waals surface area contributed by atoms with Crippen molar-refractivity contribution in [3.63, 3.8) is 0 Å². The number of nitrogens with one attached hydrogen (secondary N) is 1. The van der Waals surface area contributed by atoms with Gasteiger partial charge in [-0.05, 0) is 78.5 Å². The third-order valence-corrected chi connectivity index (χ3v) is 9.60. The maximum atomic E-state index is 13.6. The van der Waals surface area contributed by atoms with Crippen LogP contribution in [0.2, 0.25) is 0 Å². The van der Waals surface area contributed by atoms with Crippen molar-refractivity contribution in [3.8, 4) is 5.69 Å². The third kappa shape index (κ3) is 4.95. The van der Waals surface area contributed by atoms with Crippen LogP contribution in [0.25, 0.3) is 11.8 Å². The van der Waals surface area contributed by atoms with Crippen LogP contribution in [0.15, 0.2) is 91.0 Å². The van der Waals surface area contributed by atoms with E-state index in [0.717, 1.165) is 50.3 Å². The number of fused-ring (bicyclic) bond motifs is 2. The van der Waals surface area contributed by atoms with Crippen LogP contribution in [0.1, 0.15) is 49.0 Å². The lowest BCUT2D eigenvalue weighted by Crippen LogP contribution is -2.52. The largest absolute Gasteiger partial charge is 0.353 e. The summed E-state index contributed by atoms with van der Waals surface area (Å²) in [6.07, 6.45) is 13.9. The smallest absolute Gasteiger partial charge is 0.318 e. The first-order valence-corrected chi connectivity index (χ1v) is 15.0. The van der Waals surface area contributed by atoms with Gasteiger partial charge in [0, 0.05) is 38.6 Å². The highest BCUT2D eigenvalue weighted by Gasteiger charge is 2.46. The van der Waals surface area contributed by atoms with Crippen LogP contribution in [0.3, 0.4) is 0 Å². The summed E-state index contributed by atoms with van der Waals surface area (Å²) in [5.41, 5.74) is 6.15. The van der Waals surface area contributed by atoms with Gasteiger partial charge in [-0.25, -0.2) is 14.5 Å². The standard InChI is InChI=1S/C34H37N7O/c1-34-22-26-23-37-41(29-10-7-14-35-24-29)31(26)21-28(34)13-12-27(34)20-30(25-8-3-2-4-9-25)38-33(42)40-18-16-39(17-19-40)32-11-5-6-15-36-32/h2-11,14-15,21,23-24,27,30H,12-13,16-20,22H2,1H3,(H,38,42)/t27-,30?,34-/m1/s1. The first-order valence-electron chi connectivity index (χ1n) is 15.0. The van der Waals surface area contributed by atoms with Crippen molar-refractivity contribution >= 4 is 17.9 Å². The number of anilines is 1. The van der Waals surface area contributed by atoms with Gasteiger partial charge in [0.2, 0.25) is 0 Å². The molecule has 4 heterocycles. The van der Waals surface area contributed by atoms with E-state index < -0.39 is 0 Å². The molecule has 3 atom stereocenters. The summed E-state index contributed by atoms with van der Waals surface area (Å²) in [6, 6.07) is 20.4. The van der Waals surface area contributed by atoms with E-state index in [1.165, 1.54) is 22.4 Å². The van der Waals surface area contributed by atoms with E-state index in [9.17, 15) is 4.79 Å². The molecule has 8 nitrogen and oxygen atoms in total. The highest BCUT2D eigenvalue weighted by atomic mass is 16.2. The Bertz CT molecular complexity index is 1560. The number of allylic oxidation sites excluding steroid dienone is 1.